The highest BCUT2D eigenvalue weighted by molar-refractivity contribution is 5.55. The molecular formula is C13H15N3O. The van der Waals surface area contributed by atoms with Gasteiger partial charge in [-0.15, -0.1) is 0 Å². The number of benzene rings is 1. The first kappa shape index (κ1) is 11.4. The Hall–Kier alpha value is -2.07. The van der Waals surface area contributed by atoms with Gasteiger partial charge in [-0.05, 0) is 24.3 Å². The summed E-state index contributed by atoms with van der Waals surface area (Å²) < 4.78 is 0. The van der Waals surface area contributed by atoms with Gasteiger partial charge in [0.15, 0.2) is 0 Å². The Morgan fingerprint density at radius 3 is 2.59 bits per heavy atom. The lowest BCUT2D eigenvalue weighted by Gasteiger charge is -2.08. The number of phenols is 1. The fraction of sp³-hybridized carbons (Fsp3) is 0.154. The lowest BCUT2D eigenvalue weighted by atomic mass is 10.2. The maximum absolute atomic E-state index is 9.59. The number of aromatic nitrogens is 1. The summed E-state index contributed by atoms with van der Waals surface area (Å²) in [5.74, 6) is 0.238. The maximum Gasteiger partial charge on any atom is 0.138 e. The predicted molar refractivity (Wildman–Crippen MR) is 67.6 cm³/mol. The summed E-state index contributed by atoms with van der Waals surface area (Å²) in [6.45, 7) is 0.996. The number of nitrogens with one attached hydrogen (secondary N) is 1. The second-order valence-corrected chi connectivity index (χ2v) is 3.70. The maximum atomic E-state index is 9.59. The summed E-state index contributed by atoms with van der Waals surface area (Å²) >= 11 is 0. The van der Waals surface area contributed by atoms with Crippen molar-refractivity contribution >= 4 is 5.69 Å². The van der Waals surface area contributed by atoms with Crippen LogP contribution in [0.15, 0.2) is 42.5 Å². The molecule has 1 heterocycles. The van der Waals surface area contributed by atoms with Crippen LogP contribution in [0.1, 0.15) is 11.4 Å². The molecule has 17 heavy (non-hydrogen) atoms. The lowest BCUT2D eigenvalue weighted by Crippen LogP contribution is -2.05. The number of anilines is 1. The van der Waals surface area contributed by atoms with Gasteiger partial charge in [0, 0.05) is 6.54 Å². The topological polar surface area (TPSA) is 71.2 Å². The van der Waals surface area contributed by atoms with Crippen molar-refractivity contribution in [3.8, 4) is 5.75 Å². The van der Waals surface area contributed by atoms with Crippen molar-refractivity contribution in [3.05, 3.63) is 53.9 Å². The molecule has 0 bridgehead atoms. The quantitative estimate of drug-likeness (QED) is 0.700. The molecule has 88 valence electrons. The van der Waals surface area contributed by atoms with Crippen LogP contribution in [0.5, 0.6) is 5.75 Å². The third-order valence-corrected chi connectivity index (χ3v) is 2.44. The number of hydrogen-bond donors (Lipinski definition) is 3. The second kappa shape index (κ2) is 5.32. The van der Waals surface area contributed by atoms with E-state index in [9.17, 15) is 5.11 Å². The van der Waals surface area contributed by atoms with Crippen molar-refractivity contribution in [1.29, 1.82) is 0 Å². The molecule has 1 aromatic carbocycles. The van der Waals surface area contributed by atoms with Gasteiger partial charge in [-0.2, -0.15) is 0 Å². The Balaban J connectivity index is 2.05. The van der Waals surface area contributed by atoms with Gasteiger partial charge in [-0.25, -0.2) is 0 Å². The monoisotopic (exact) mass is 229 g/mol. The fourth-order valence-corrected chi connectivity index (χ4v) is 1.55. The summed E-state index contributed by atoms with van der Waals surface area (Å²) in [4.78, 5) is 4.37. The minimum Gasteiger partial charge on any atom is -0.506 e. The predicted octanol–water partition coefficient (Wildman–Crippen LogP) is 1.86. The molecule has 0 spiro atoms. The van der Waals surface area contributed by atoms with Gasteiger partial charge in [-0.3, -0.25) is 4.98 Å². The largest absolute Gasteiger partial charge is 0.506 e. The molecule has 0 saturated carbocycles. The van der Waals surface area contributed by atoms with Crippen LogP contribution < -0.4 is 11.1 Å². The molecule has 0 atom stereocenters. The first-order valence-electron chi connectivity index (χ1n) is 5.46. The van der Waals surface area contributed by atoms with E-state index in [0.29, 0.717) is 18.8 Å². The van der Waals surface area contributed by atoms with E-state index in [1.54, 1.807) is 12.1 Å². The molecule has 2 aromatic rings. The van der Waals surface area contributed by atoms with E-state index in [1.807, 2.05) is 30.3 Å². The summed E-state index contributed by atoms with van der Waals surface area (Å²) in [6, 6.07) is 12.9. The van der Waals surface area contributed by atoms with E-state index >= 15 is 0 Å². The van der Waals surface area contributed by atoms with Gasteiger partial charge < -0.3 is 16.2 Å². The normalized spacial score (nSPS) is 10.2. The van der Waals surface area contributed by atoms with Crippen LogP contribution in [0.3, 0.4) is 0 Å². The van der Waals surface area contributed by atoms with Gasteiger partial charge in [0.25, 0.3) is 0 Å². The molecule has 0 amide bonds. The number of phenolic OH excluding ortho intramolecular Hbond substituents is 1. The number of para-hydroxylation sites is 2. The van der Waals surface area contributed by atoms with E-state index in [4.69, 9.17) is 5.73 Å². The molecule has 4 nitrogen and oxygen atoms in total. The summed E-state index contributed by atoms with van der Waals surface area (Å²) in [7, 11) is 0. The molecule has 4 heteroatoms. The third kappa shape index (κ3) is 2.95. The number of hydrogen-bond acceptors (Lipinski definition) is 4. The zero-order valence-corrected chi connectivity index (χ0v) is 9.43. The Morgan fingerprint density at radius 1 is 1.06 bits per heavy atom. The summed E-state index contributed by atoms with van der Waals surface area (Å²) in [6.07, 6.45) is 0. The molecule has 0 unspecified atom stereocenters. The molecular weight excluding hydrogens is 214 g/mol. The van der Waals surface area contributed by atoms with Crippen LogP contribution in [0, 0.1) is 0 Å². The van der Waals surface area contributed by atoms with Crippen molar-refractivity contribution in [3.63, 3.8) is 0 Å². The molecule has 0 aliphatic rings. The Labute approximate surface area is 100 Å². The number of nitrogens with two attached hydrogens (primary N) is 1. The minimum absolute atomic E-state index is 0.238. The van der Waals surface area contributed by atoms with E-state index in [2.05, 4.69) is 10.3 Å². The van der Waals surface area contributed by atoms with E-state index in [-0.39, 0.29) is 5.75 Å². The smallest absolute Gasteiger partial charge is 0.138 e. The van der Waals surface area contributed by atoms with Crippen molar-refractivity contribution in [1.82, 2.24) is 4.98 Å². The van der Waals surface area contributed by atoms with Gasteiger partial charge in [0.05, 0.1) is 23.6 Å². The Bertz CT molecular complexity index is 500. The van der Waals surface area contributed by atoms with Crippen LogP contribution in [0.4, 0.5) is 5.69 Å². The molecule has 0 fully saturated rings. The van der Waals surface area contributed by atoms with E-state index < -0.39 is 0 Å². The Kier molecular flexibility index (Phi) is 3.57. The Morgan fingerprint density at radius 2 is 1.82 bits per heavy atom. The van der Waals surface area contributed by atoms with Crippen molar-refractivity contribution in [2.24, 2.45) is 5.73 Å². The highest BCUT2D eigenvalue weighted by Crippen LogP contribution is 2.21. The van der Waals surface area contributed by atoms with E-state index in [1.165, 1.54) is 0 Å². The third-order valence-electron chi connectivity index (χ3n) is 2.44. The molecule has 0 aliphatic heterocycles. The zero-order chi connectivity index (χ0) is 12.1. The summed E-state index contributed by atoms with van der Waals surface area (Å²) in [5.41, 5.74) is 7.99. The van der Waals surface area contributed by atoms with E-state index in [0.717, 1.165) is 11.4 Å². The summed E-state index contributed by atoms with van der Waals surface area (Å²) in [5, 5.41) is 12.7. The van der Waals surface area contributed by atoms with Gasteiger partial charge in [0.1, 0.15) is 5.75 Å². The number of rotatable bonds is 4. The average molecular weight is 229 g/mol. The van der Waals surface area contributed by atoms with Crippen LogP contribution in [-0.2, 0) is 13.1 Å². The fourth-order valence-electron chi connectivity index (χ4n) is 1.55. The van der Waals surface area contributed by atoms with Crippen molar-refractivity contribution in [2.45, 2.75) is 13.1 Å². The first-order valence-corrected chi connectivity index (χ1v) is 5.46. The molecule has 1 aromatic heterocycles. The van der Waals surface area contributed by atoms with Gasteiger partial charge in [0.2, 0.25) is 0 Å². The van der Waals surface area contributed by atoms with Crippen LogP contribution >= 0.6 is 0 Å². The van der Waals surface area contributed by atoms with Crippen LogP contribution in [-0.4, -0.2) is 10.1 Å². The molecule has 0 saturated heterocycles. The van der Waals surface area contributed by atoms with Crippen LogP contribution in [0.25, 0.3) is 0 Å². The zero-order valence-electron chi connectivity index (χ0n) is 9.43. The molecule has 0 aliphatic carbocycles. The first-order chi connectivity index (χ1) is 8.29. The SMILES string of the molecule is NCc1cccc(CNc2ccccc2O)n1. The van der Waals surface area contributed by atoms with Crippen molar-refractivity contribution in [2.75, 3.05) is 5.32 Å². The van der Waals surface area contributed by atoms with Gasteiger partial charge >= 0.3 is 0 Å². The molecule has 2 rings (SSSR count). The highest BCUT2D eigenvalue weighted by atomic mass is 16.3. The molecule has 4 N–H and O–H groups in total. The standard InChI is InChI=1S/C13H15N3O/c14-8-10-4-3-5-11(16-10)9-15-12-6-1-2-7-13(12)17/h1-7,15,17H,8-9,14H2. The van der Waals surface area contributed by atoms with Crippen molar-refractivity contribution < 1.29 is 5.11 Å². The lowest BCUT2D eigenvalue weighted by molar-refractivity contribution is 0.477. The second-order valence-electron chi connectivity index (χ2n) is 3.70. The highest BCUT2D eigenvalue weighted by Gasteiger charge is 2.00. The number of pyridine rings is 1. The average Bonchev–Trinajstić information content (AvgIpc) is 2.38. The minimum atomic E-state index is 0.238. The van der Waals surface area contributed by atoms with Gasteiger partial charge in [-0.1, -0.05) is 18.2 Å². The number of aromatic hydroxyl groups is 1. The number of nitrogens with zero attached hydrogens (tertiary/aromatic N) is 1. The molecule has 0 radical (unpaired) electrons. The van der Waals surface area contributed by atoms with Crippen LogP contribution in [0.2, 0.25) is 0 Å².